The number of nitrogens with one attached hydrogen (secondary N) is 1. The third-order valence-corrected chi connectivity index (χ3v) is 4.09. The van der Waals surface area contributed by atoms with Gasteiger partial charge in [0.05, 0.1) is 5.41 Å². The minimum atomic E-state index is -0.803. The van der Waals surface area contributed by atoms with E-state index in [4.69, 9.17) is 0 Å². The number of hydrogen-bond donors (Lipinski definition) is 2. The molecule has 19 heavy (non-hydrogen) atoms. The second-order valence-electron chi connectivity index (χ2n) is 5.76. The summed E-state index contributed by atoms with van der Waals surface area (Å²) < 4.78 is 0. The van der Waals surface area contributed by atoms with Crippen LogP contribution in [-0.4, -0.2) is 66.2 Å². The van der Waals surface area contributed by atoms with Crippen molar-refractivity contribution < 1.29 is 14.7 Å². The number of rotatable bonds is 1. The van der Waals surface area contributed by atoms with Crippen molar-refractivity contribution in [1.82, 2.24) is 15.1 Å². The van der Waals surface area contributed by atoms with Crippen molar-refractivity contribution in [2.45, 2.75) is 26.2 Å². The molecule has 2 aliphatic rings. The van der Waals surface area contributed by atoms with Gasteiger partial charge in [-0.25, -0.2) is 4.79 Å². The maximum Gasteiger partial charge on any atom is 0.320 e. The zero-order chi connectivity index (χ0) is 13.9. The van der Waals surface area contributed by atoms with Crippen molar-refractivity contribution in [3.05, 3.63) is 0 Å². The second kappa shape index (κ2) is 5.77. The Hall–Kier alpha value is -1.30. The van der Waals surface area contributed by atoms with E-state index < -0.39 is 11.4 Å². The van der Waals surface area contributed by atoms with Crippen LogP contribution < -0.4 is 5.32 Å². The van der Waals surface area contributed by atoms with Crippen molar-refractivity contribution in [1.29, 1.82) is 0 Å². The minimum Gasteiger partial charge on any atom is -0.481 e. The topological polar surface area (TPSA) is 72.9 Å². The number of aliphatic carboxylic acids is 1. The molecule has 2 rings (SSSR count). The van der Waals surface area contributed by atoms with Gasteiger partial charge in [0.2, 0.25) is 0 Å². The van der Waals surface area contributed by atoms with E-state index in [1.54, 1.807) is 11.8 Å². The predicted octanol–water partition coefficient (Wildman–Crippen LogP) is 0.588. The summed E-state index contributed by atoms with van der Waals surface area (Å²) in [6.07, 6.45) is 2.37. The number of piperidine rings is 1. The number of likely N-dealkylation sites (tertiary alicyclic amines) is 1. The maximum atomic E-state index is 12.4. The van der Waals surface area contributed by atoms with Crippen LogP contribution in [0, 0.1) is 5.41 Å². The SMILES string of the molecule is CC1(C(=O)O)CCCN(C(=O)N2CCCNCC2)C1. The van der Waals surface area contributed by atoms with E-state index in [-0.39, 0.29) is 6.03 Å². The van der Waals surface area contributed by atoms with Gasteiger partial charge in [0, 0.05) is 32.7 Å². The molecule has 0 radical (unpaired) electrons. The molecule has 2 N–H and O–H groups in total. The number of carbonyl (C=O) groups is 2. The van der Waals surface area contributed by atoms with Crippen molar-refractivity contribution in [2.75, 3.05) is 39.3 Å². The van der Waals surface area contributed by atoms with Crippen molar-refractivity contribution in [2.24, 2.45) is 5.41 Å². The molecule has 0 aromatic heterocycles. The molecule has 1 atom stereocenters. The monoisotopic (exact) mass is 269 g/mol. The summed E-state index contributed by atoms with van der Waals surface area (Å²) >= 11 is 0. The number of amides is 2. The Morgan fingerprint density at radius 3 is 2.58 bits per heavy atom. The number of carbonyl (C=O) groups excluding carboxylic acids is 1. The lowest BCUT2D eigenvalue weighted by Gasteiger charge is -2.39. The predicted molar refractivity (Wildman–Crippen MR) is 71.0 cm³/mol. The maximum absolute atomic E-state index is 12.4. The largest absolute Gasteiger partial charge is 0.481 e. The Morgan fingerprint density at radius 2 is 1.84 bits per heavy atom. The van der Waals surface area contributed by atoms with Crippen molar-refractivity contribution in [3.8, 4) is 0 Å². The van der Waals surface area contributed by atoms with Gasteiger partial charge in [-0.3, -0.25) is 4.79 Å². The molecular formula is C13H23N3O3. The average Bonchev–Trinajstić information content (AvgIpc) is 2.66. The third-order valence-electron chi connectivity index (χ3n) is 4.09. The zero-order valence-corrected chi connectivity index (χ0v) is 11.5. The molecule has 6 nitrogen and oxygen atoms in total. The highest BCUT2D eigenvalue weighted by atomic mass is 16.4. The lowest BCUT2D eigenvalue weighted by Crippen LogP contribution is -2.53. The smallest absolute Gasteiger partial charge is 0.320 e. The van der Waals surface area contributed by atoms with Crippen molar-refractivity contribution in [3.63, 3.8) is 0 Å². The number of carboxylic acids is 1. The second-order valence-corrected chi connectivity index (χ2v) is 5.76. The lowest BCUT2D eigenvalue weighted by molar-refractivity contribution is -0.150. The minimum absolute atomic E-state index is 0.00382. The van der Waals surface area contributed by atoms with Gasteiger partial charge in [-0.15, -0.1) is 0 Å². The summed E-state index contributed by atoms with van der Waals surface area (Å²) in [6.45, 7) is 5.95. The Bertz CT molecular complexity index is 353. The molecule has 1 unspecified atom stereocenters. The highest BCUT2D eigenvalue weighted by molar-refractivity contribution is 5.78. The van der Waals surface area contributed by atoms with Gasteiger partial charge in [0.15, 0.2) is 0 Å². The lowest BCUT2D eigenvalue weighted by atomic mass is 9.82. The molecule has 0 aliphatic carbocycles. The standard InChI is InChI=1S/C13H23N3O3/c1-13(11(17)18)4-2-7-16(10-13)12(19)15-8-3-5-14-6-9-15/h14H,2-10H2,1H3,(H,17,18). The summed E-state index contributed by atoms with van der Waals surface area (Å²) in [7, 11) is 0. The summed E-state index contributed by atoms with van der Waals surface area (Å²) in [6, 6.07) is -0.00382. The molecule has 2 saturated heterocycles. The van der Waals surface area contributed by atoms with Gasteiger partial charge in [0.1, 0.15) is 0 Å². The average molecular weight is 269 g/mol. The molecular weight excluding hydrogens is 246 g/mol. The summed E-state index contributed by atoms with van der Waals surface area (Å²) in [5.74, 6) is -0.803. The number of hydrogen-bond acceptors (Lipinski definition) is 3. The normalized spacial score (nSPS) is 28.9. The van der Waals surface area contributed by atoms with E-state index >= 15 is 0 Å². The molecule has 6 heteroatoms. The molecule has 0 aromatic carbocycles. The van der Waals surface area contributed by atoms with E-state index in [1.165, 1.54) is 0 Å². The van der Waals surface area contributed by atoms with E-state index in [0.29, 0.717) is 26.1 Å². The van der Waals surface area contributed by atoms with E-state index in [9.17, 15) is 14.7 Å². The molecule has 2 heterocycles. The molecule has 2 aliphatic heterocycles. The molecule has 0 spiro atoms. The van der Waals surface area contributed by atoms with Crippen molar-refractivity contribution >= 4 is 12.0 Å². The molecule has 108 valence electrons. The highest BCUT2D eigenvalue weighted by Crippen LogP contribution is 2.30. The number of carboxylic acid groups (broad SMARTS) is 1. The summed E-state index contributed by atoms with van der Waals surface area (Å²) in [5, 5.41) is 12.6. The van der Waals surface area contributed by atoms with Crippen LogP contribution in [0.1, 0.15) is 26.2 Å². The van der Waals surface area contributed by atoms with Crippen LogP contribution in [-0.2, 0) is 4.79 Å². The Balaban J connectivity index is 2.00. The van der Waals surface area contributed by atoms with Crippen LogP contribution in [0.5, 0.6) is 0 Å². The summed E-state index contributed by atoms with van der Waals surface area (Å²) in [4.78, 5) is 27.3. The fraction of sp³-hybridized carbons (Fsp3) is 0.846. The van der Waals surface area contributed by atoms with Gasteiger partial charge in [-0.1, -0.05) is 0 Å². The first-order valence-corrected chi connectivity index (χ1v) is 7.01. The van der Waals surface area contributed by atoms with Crippen LogP contribution in [0.2, 0.25) is 0 Å². The summed E-state index contributed by atoms with van der Waals surface area (Å²) in [5.41, 5.74) is -0.794. The third kappa shape index (κ3) is 3.18. The first-order chi connectivity index (χ1) is 9.03. The molecule has 2 fully saturated rings. The Kier molecular flexibility index (Phi) is 4.29. The van der Waals surface area contributed by atoms with Gasteiger partial charge in [0.25, 0.3) is 0 Å². The van der Waals surface area contributed by atoms with Crippen LogP contribution in [0.4, 0.5) is 4.79 Å². The van der Waals surface area contributed by atoms with E-state index in [1.807, 2.05) is 4.90 Å². The molecule has 0 saturated carbocycles. The first kappa shape index (κ1) is 14.1. The van der Waals surface area contributed by atoms with Gasteiger partial charge < -0.3 is 20.2 Å². The van der Waals surface area contributed by atoms with E-state index in [2.05, 4.69) is 5.32 Å². The van der Waals surface area contributed by atoms with Crippen LogP contribution in [0.3, 0.4) is 0 Å². The van der Waals surface area contributed by atoms with E-state index in [0.717, 1.165) is 32.5 Å². The van der Waals surface area contributed by atoms with Crippen LogP contribution >= 0.6 is 0 Å². The van der Waals surface area contributed by atoms with Gasteiger partial charge in [-0.05, 0) is 32.7 Å². The molecule has 0 aromatic rings. The number of nitrogens with zero attached hydrogens (tertiary/aromatic N) is 2. The fourth-order valence-electron chi connectivity index (χ4n) is 2.81. The molecule has 2 amide bonds. The number of urea groups is 1. The Morgan fingerprint density at radius 1 is 1.11 bits per heavy atom. The first-order valence-electron chi connectivity index (χ1n) is 7.01. The zero-order valence-electron chi connectivity index (χ0n) is 11.5. The van der Waals surface area contributed by atoms with Gasteiger partial charge >= 0.3 is 12.0 Å². The quantitative estimate of drug-likeness (QED) is 0.730. The molecule has 0 bridgehead atoms. The van der Waals surface area contributed by atoms with Gasteiger partial charge in [-0.2, -0.15) is 0 Å². The Labute approximate surface area is 113 Å². The highest BCUT2D eigenvalue weighted by Gasteiger charge is 2.40. The van der Waals surface area contributed by atoms with Crippen LogP contribution in [0.25, 0.3) is 0 Å². The fourth-order valence-corrected chi connectivity index (χ4v) is 2.81. The van der Waals surface area contributed by atoms with Crippen LogP contribution in [0.15, 0.2) is 0 Å².